The lowest BCUT2D eigenvalue weighted by molar-refractivity contribution is -0.118. The summed E-state index contributed by atoms with van der Waals surface area (Å²) in [5.74, 6) is 0.168. The lowest BCUT2D eigenvalue weighted by Gasteiger charge is -2.35. The number of nitriles is 1. The molecular weight excluding hydrogens is 240 g/mol. The Hall–Kier alpha value is -1.86. The number of carbonyl (C=O) groups excluding carboxylic acids is 1. The van der Waals surface area contributed by atoms with Crippen LogP contribution in [0.5, 0.6) is 0 Å². The Labute approximate surface area is 112 Å². The van der Waals surface area contributed by atoms with Gasteiger partial charge in [-0.2, -0.15) is 5.26 Å². The predicted octanol–water partition coefficient (Wildman–Crippen LogP) is 1.68. The first-order chi connectivity index (χ1) is 9.13. The van der Waals surface area contributed by atoms with E-state index in [0.717, 1.165) is 24.1 Å². The van der Waals surface area contributed by atoms with E-state index in [2.05, 4.69) is 12.1 Å². The summed E-state index contributed by atoms with van der Waals surface area (Å²) >= 11 is 0. The number of aryl methyl sites for hydroxylation is 1. The molecule has 2 aliphatic heterocycles. The molecule has 98 valence electrons. The van der Waals surface area contributed by atoms with Gasteiger partial charge in [0.05, 0.1) is 19.3 Å². The van der Waals surface area contributed by atoms with Crippen LogP contribution >= 0.6 is 0 Å². The van der Waals surface area contributed by atoms with Gasteiger partial charge in [0.2, 0.25) is 5.91 Å². The number of anilines is 1. The molecule has 0 radical (unpaired) electrons. The van der Waals surface area contributed by atoms with Crippen molar-refractivity contribution in [2.45, 2.75) is 19.3 Å². The minimum absolute atomic E-state index is 0.168. The van der Waals surface area contributed by atoms with Gasteiger partial charge >= 0.3 is 0 Å². The van der Waals surface area contributed by atoms with Crippen LogP contribution in [0, 0.1) is 16.7 Å². The Balaban J connectivity index is 1.86. The Bertz CT molecular complexity index is 570. The molecule has 0 atom stereocenters. The molecule has 1 saturated heterocycles. The summed E-state index contributed by atoms with van der Waals surface area (Å²) in [6.07, 6.45) is 2.09. The molecule has 4 nitrogen and oxygen atoms in total. The number of hydrogen-bond acceptors (Lipinski definition) is 3. The maximum Gasteiger partial charge on any atom is 0.227 e. The summed E-state index contributed by atoms with van der Waals surface area (Å²) in [5, 5.41) is 9.23. The molecule has 1 aromatic rings. The third-order valence-electron chi connectivity index (χ3n) is 4.02. The van der Waals surface area contributed by atoms with Gasteiger partial charge in [0.25, 0.3) is 0 Å². The Morgan fingerprint density at radius 1 is 1.42 bits per heavy atom. The van der Waals surface area contributed by atoms with E-state index < -0.39 is 0 Å². The summed E-state index contributed by atoms with van der Waals surface area (Å²) in [6, 6.07) is 8.52. The number of ether oxygens (including phenoxy) is 1. The Morgan fingerprint density at radius 3 is 2.84 bits per heavy atom. The Morgan fingerprint density at radius 2 is 2.21 bits per heavy atom. The molecule has 1 amide bonds. The van der Waals surface area contributed by atoms with Gasteiger partial charge in [-0.3, -0.25) is 4.79 Å². The molecule has 1 aromatic carbocycles. The van der Waals surface area contributed by atoms with Crippen LogP contribution in [0.1, 0.15) is 17.5 Å². The standard InChI is InChI=1S/C15H16N2O2/c1-17-13-4-2-11(6-12(13)3-5-14(17)18)7-15(8-16)9-19-10-15/h2,4,6H,3,5,7,9-10H2,1H3. The van der Waals surface area contributed by atoms with E-state index in [1.807, 2.05) is 19.2 Å². The lowest BCUT2D eigenvalue weighted by atomic mass is 9.80. The molecular formula is C15H16N2O2. The molecule has 2 aliphatic rings. The third kappa shape index (κ3) is 2.00. The van der Waals surface area contributed by atoms with Crippen LogP contribution in [-0.2, 0) is 22.4 Å². The Kier molecular flexibility index (Phi) is 2.79. The van der Waals surface area contributed by atoms with Crippen molar-refractivity contribution < 1.29 is 9.53 Å². The summed E-state index contributed by atoms with van der Waals surface area (Å²) in [5.41, 5.74) is 3.01. The van der Waals surface area contributed by atoms with E-state index in [-0.39, 0.29) is 11.3 Å². The van der Waals surface area contributed by atoms with Gasteiger partial charge in [0.15, 0.2) is 0 Å². The van der Waals surface area contributed by atoms with Crippen LogP contribution in [0.2, 0.25) is 0 Å². The number of carbonyl (C=O) groups is 1. The summed E-state index contributed by atoms with van der Waals surface area (Å²) in [4.78, 5) is 13.4. The lowest BCUT2D eigenvalue weighted by Crippen LogP contribution is -2.43. The molecule has 0 bridgehead atoms. The van der Waals surface area contributed by atoms with Gasteiger partial charge in [-0.25, -0.2) is 0 Å². The molecule has 0 aliphatic carbocycles. The summed E-state index contributed by atoms with van der Waals surface area (Å²) in [7, 11) is 1.82. The maximum atomic E-state index is 11.6. The highest BCUT2D eigenvalue weighted by atomic mass is 16.5. The second-order valence-corrected chi connectivity index (χ2v) is 5.48. The number of fused-ring (bicyclic) bond motifs is 1. The van der Waals surface area contributed by atoms with Gasteiger partial charge in [-0.15, -0.1) is 0 Å². The van der Waals surface area contributed by atoms with Crippen molar-refractivity contribution in [1.29, 1.82) is 5.26 Å². The molecule has 2 heterocycles. The molecule has 1 fully saturated rings. The highest BCUT2D eigenvalue weighted by molar-refractivity contribution is 5.95. The van der Waals surface area contributed by atoms with Crippen LogP contribution in [0.4, 0.5) is 5.69 Å². The minimum Gasteiger partial charge on any atom is -0.378 e. The van der Waals surface area contributed by atoms with Crippen molar-refractivity contribution in [3.63, 3.8) is 0 Å². The second kappa shape index (κ2) is 4.36. The topological polar surface area (TPSA) is 53.3 Å². The molecule has 4 heteroatoms. The van der Waals surface area contributed by atoms with Gasteiger partial charge in [-0.1, -0.05) is 12.1 Å². The van der Waals surface area contributed by atoms with Gasteiger partial charge < -0.3 is 9.64 Å². The van der Waals surface area contributed by atoms with E-state index in [1.54, 1.807) is 4.90 Å². The normalized spacial score (nSPS) is 20.4. The number of rotatable bonds is 2. The predicted molar refractivity (Wildman–Crippen MR) is 70.7 cm³/mol. The highest BCUT2D eigenvalue weighted by Crippen LogP contribution is 2.33. The number of hydrogen-bond donors (Lipinski definition) is 0. The quantitative estimate of drug-likeness (QED) is 0.809. The zero-order valence-corrected chi connectivity index (χ0v) is 11.0. The van der Waals surface area contributed by atoms with Crippen molar-refractivity contribution in [1.82, 2.24) is 0 Å². The number of amides is 1. The largest absolute Gasteiger partial charge is 0.378 e. The molecule has 0 spiro atoms. The van der Waals surface area contributed by atoms with Crippen LogP contribution in [-0.4, -0.2) is 26.2 Å². The van der Waals surface area contributed by atoms with Crippen molar-refractivity contribution in [3.8, 4) is 6.07 Å². The molecule has 0 unspecified atom stereocenters. The molecule has 0 aromatic heterocycles. The van der Waals surface area contributed by atoms with Crippen molar-refractivity contribution in [2.24, 2.45) is 5.41 Å². The average molecular weight is 256 g/mol. The first-order valence-electron chi connectivity index (χ1n) is 6.51. The molecule has 3 rings (SSSR count). The average Bonchev–Trinajstić information content (AvgIpc) is 2.38. The monoisotopic (exact) mass is 256 g/mol. The van der Waals surface area contributed by atoms with E-state index in [0.29, 0.717) is 19.6 Å². The maximum absolute atomic E-state index is 11.6. The first-order valence-corrected chi connectivity index (χ1v) is 6.51. The second-order valence-electron chi connectivity index (χ2n) is 5.48. The smallest absolute Gasteiger partial charge is 0.227 e. The summed E-state index contributed by atoms with van der Waals surface area (Å²) in [6.45, 7) is 1.05. The highest BCUT2D eigenvalue weighted by Gasteiger charge is 2.39. The van der Waals surface area contributed by atoms with Gasteiger partial charge in [0, 0.05) is 19.2 Å². The number of nitrogens with zero attached hydrogens (tertiary/aromatic N) is 2. The van der Waals surface area contributed by atoms with Crippen LogP contribution < -0.4 is 4.90 Å². The zero-order valence-electron chi connectivity index (χ0n) is 11.0. The van der Waals surface area contributed by atoms with E-state index in [1.165, 1.54) is 5.56 Å². The molecule has 19 heavy (non-hydrogen) atoms. The zero-order chi connectivity index (χ0) is 13.5. The SMILES string of the molecule is CN1C(=O)CCc2cc(CC3(C#N)COC3)ccc21. The fraction of sp³-hybridized carbons (Fsp3) is 0.467. The molecule has 0 N–H and O–H groups in total. The van der Waals surface area contributed by atoms with E-state index >= 15 is 0 Å². The fourth-order valence-corrected chi connectivity index (χ4v) is 2.77. The van der Waals surface area contributed by atoms with E-state index in [4.69, 9.17) is 4.74 Å². The van der Waals surface area contributed by atoms with Gasteiger partial charge in [-0.05, 0) is 30.0 Å². The van der Waals surface area contributed by atoms with Crippen molar-refractivity contribution in [3.05, 3.63) is 29.3 Å². The van der Waals surface area contributed by atoms with Crippen molar-refractivity contribution in [2.75, 3.05) is 25.2 Å². The van der Waals surface area contributed by atoms with Crippen LogP contribution in [0.15, 0.2) is 18.2 Å². The first kappa shape index (κ1) is 12.2. The van der Waals surface area contributed by atoms with Crippen LogP contribution in [0.3, 0.4) is 0 Å². The van der Waals surface area contributed by atoms with Gasteiger partial charge in [0.1, 0.15) is 5.41 Å². The van der Waals surface area contributed by atoms with Crippen molar-refractivity contribution >= 4 is 11.6 Å². The minimum atomic E-state index is -0.343. The summed E-state index contributed by atoms with van der Waals surface area (Å²) < 4.78 is 5.17. The van der Waals surface area contributed by atoms with E-state index in [9.17, 15) is 10.1 Å². The number of benzene rings is 1. The van der Waals surface area contributed by atoms with Crippen LogP contribution in [0.25, 0.3) is 0 Å². The molecule has 0 saturated carbocycles. The fourth-order valence-electron chi connectivity index (χ4n) is 2.77. The third-order valence-corrected chi connectivity index (χ3v) is 4.02.